The number of carbonyl (C=O) groups excluding carboxylic acids is 1. The number of aliphatic hydroxyl groups is 1. The van der Waals surface area contributed by atoms with E-state index in [0.29, 0.717) is 23.0 Å². The first-order valence-electron chi connectivity index (χ1n) is 6.81. The molecule has 0 saturated carbocycles. The third-order valence-corrected chi connectivity index (χ3v) is 3.64. The van der Waals surface area contributed by atoms with Crippen LogP contribution in [0, 0.1) is 0 Å². The molecule has 1 amide bonds. The number of para-hydroxylation sites is 2. The topological polar surface area (TPSA) is 73.2 Å². The second-order valence-electron chi connectivity index (χ2n) is 4.98. The van der Waals surface area contributed by atoms with Crippen LogP contribution in [0.2, 0.25) is 0 Å². The van der Waals surface area contributed by atoms with Gasteiger partial charge in [-0.2, -0.15) is 0 Å². The van der Waals surface area contributed by atoms with Gasteiger partial charge in [0, 0.05) is 0 Å². The van der Waals surface area contributed by atoms with Crippen molar-refractivity contribution in [2.75, 3.05) is 17.1 Å². The highest BCUT2D eigenvalue weighted by atomic mass is 16.5. The Bertz CT molecular complexity index is 687. The number of methoxy groups -OCH3 is 1. The number of fused-ring (bicyclic) bond motifs is 1. The van der Waals surface area contributed by atoms with Gasteiger partial charge < -0.3 is 14.7 Å². The van der Waals surface area contributed by atoms with E-state index in [0.717, 1.165) is 11.3 Å². The highest BCUT2D eigenvalue weighted by Crippen LogP contribution is 2.35. The Morgan fingerprint density at radius 1 is 1.09 bits per heavy atom. The Hall–Kier alpha value is -2.57. The number of hydrogen-bond donors (Lipinski definition) is 2. The van der Waals surface area contributed by atoms with Crippen LogP contribution in [0.4, 0.5) is 11.4 Å². The number of aliphatic hydroxyl groups excluding tert-OH is 1. The van der Waals surface area contributed by atoms with Gasteiger partial charge in [-0.1, -0.05) is 24.3 Å². The van der Waals surface area contributed by atoms with Crippen LogP contribution in [0.3, 0.4) is 0 Å². The third-order valence-electron chi connectivity index (χ3n) is 3.64. The molecule has 2 aromatic rings. The van der Waals surface area contributed by atoms with E-state index in [1.807, 2.05) is 24.3 Å². The van der Waals surface area contributed by atoms with Crippen molar-refractivity contribution in [2.24, 2.45) is 0 Å². The van der Waals surface area contributed by atoms with Gasteiger partial charge in [-0.05, 0) is 29.8 Å². The van der Waals surface area contributed by atoms with Crippen molar-refractivity contribution in [3.05, 3.63) is 54.1 Å². The lowest BCUT2D eigenvalue weighted by molar-refractivity contribution is -0.130. The van der Waals surface area contributed by atoms with Crippen LogP contribution in [0.15, 0.2) is 48.5 Å². The lowest BCUT2D eigenvalue weighted by Gasteiger charge is -2.36. The third kappa shape index (κ3) is 2.38. The van der Waals surface area contributed by atoms with Gasteiger partial charge in [0.2, 0.25) is 6.23 Å². The first kappa shape index (κ1) is 14.4. The average molecular weight is 300 g/mol. The van der Waals surface area contributed by atoms with E-state index in [9.17, 15) is 15.1 Å². The van der Waals surface area contributed by atoms with Crippen LogP contribution in [-0.2, 0) is 11.3 Å². The normalized spacial score (nSPS) is 17.4. The maximum Gasteiger partial charge on any atom is 0.279 e. The molecule has 6 heteroatoms. The van der Waals surface area contributed by atoms with Gasteiger partial charge in [0.15, 0.2) is 0 Å². The lowest BCUT2D eigenvalue weighted by atomic mass is 10.1. The van der Waals surface area contributed by atoms with Gasteiger partial charge in [-0.15, -0.1) is 0 Å². The maximum absolute atomic E-state index is 12.3. The quantitative estimate of drug-likeness (QED) is 0.903. The molecule has 1 atom stereocenters. The molecular formula is C16H16N2O4. The molecular weight excluding hydrogens is 284 g/mol. The number of nitrogens with zero attached hydrogens (tertiary/aromatic N) is 2. The Kier molecular flexibility index (Phi) is 3.70. The number of anilines is 2. The number of hydrogen-bond acceptors (Lipinski definition) is 5. The molecule has 0 spiro atoms. The van der Waals surface area contributed by atoms with Gasteiger partial charge in [-0.25, -0.2) is 5.06 Å². The number of rotatable bonds is 3. The minimum absolute atomic E-state index is 0.296. The van der Waals surface area contributed by atoms with E-state index in [1.54, 1.807) is 31.4 Å². The molecule has 2 aromatic carbocycles. The van der Waals surface area contributed by atoms with Crippen molar-refractivity contribution < 1.29 is 19.8 Å². The molecule has 1 aliphatic rings. The lowest BCUT2D eigenvalue weighted by Crippen LogP contribution is -2.52. The molecule has 0 aromatic heterocycles. The summed E-state index contributed by atoms with van der Waals surface area (Å²) < 4.78 is 5.11. The molecule has 6 nitrogen and oxygen atoms in total. The summed E-state index contributed by atoms with van der Waals surface area (Å²) >= 11 is 0. The molecule has 0 aliphatic carbocycles. The molecule has 1 heterocycles. The summed E-state index contributed by atoms with van der Waals surface area (Å²) in [6.45, 7) is 0.296. The Morgan fingerprint density at radius 2 is 1.73 bits per heavy atom. The summed E-state index contributed by atoms with van der Waals surface area (Å²) in [5.41, 5.74) is 1.83. The van der Waals surface area contributed by atoms with E-state index in [-0.39, 0.29) is 0 Å². The van der Waals surface area contributed by atoms with Crippen LogP contribution in [0.5, 0.6) is 5.75 Å². The van der Waals surface area contributed by atoms with Crippen molar-refractivity contribution in [1.82, 2.24) is 0 Å². The zero-order chi connectivity index (χ0) is 15.7. The standard InChI is InChI=1S/C16H16N2O4/c1-22-12-8-6-11(7-9-12)10-17-13-4-2-3-5-14(13)18(21)16(20)15(17)19/h2-9,16,20-21H,10H2,1H3. The zero-order valence-electron chi connectivity index (χ0n) is 12.0. The molecule has 1 aliphatic heterocycles. The van der Waals surface area contributed by atoms with Crippen LogP contribution >= 0.6 is 0 Å². The van der Waals surface area contributed by atoms with Crippen molar-refractivity contribution >= 4 is 17.3 Å². The first-order valence-corrected chi connectivity index (χ1v) is 6.81. The summed E-state index contributed by atoms with van der Waals surface area (Å²) in [7, 11) is 1.59. The predicted octanol–water partition coefficient (Wildman–Crippen LogP) is 1.76. The smallest absolute Gasteiger partial charge is 0.279 e. The summed E-state index contributed by atoms with van der Waals surface area (Å²) in [6, 6.07) is 14.2. The van der Waals surface area contributed by atoms with Gasteiger partial charge in [0.05, 0.1) is 25.0 Å². The minimum Gasteiger partial charge on any atom is -0.497 e. The number of amides is 1. The highest BCUT2D eigenvalue weighted by Gasteiger charge is 2.36. The molecule has 114 valence electrons. The number of carbonyl (C=O) groups is 1. The molecule has 0 saturated heterocycles. The summed E-state index contributed by atoms with van der Waals surface area (Å²) in [5.74, 6) is 0.160. The van der Waals surface area contributed by atoms with Crippen molar-refractivity contribution in [3.63, 3.8) is 0 Å². The van der Waals surface area contributed by atoms with Gasteiger partial charge in [0.1, 0.15) is 5.75 Å². The minimum atomic E-state index is -1.60. The van der Waals surface area contributed by atoms with E-state index in [2.05, 4.69) is 0 Å². The molecule has 0 bridgehead atoms. The fourth-order valence-corrected chi connectivity index (χ4v) is 2.46. The fourth-order valence-electron chi connectivity index (χ4n) is 2.46. The van der Waals surface area contributed by atoms with Crippen LogP contribution in [-0.4, -0.2) is 29.6 Å². The van der Waals surface area contributed by atoms with Crippen molar-refractivity contribution in [3.8, 4) is 5.75 Å². The molecule has 22 heavy (non-hydrogen) atoms. The van der Waals surface area contributed by atoms with Crippen molar-refractivity contribution in [1.29, 1.82) is 0 Å². The molecule has 0 fully saturated rings. The second-order valence-corrected chi connectivity index (χ2v) is 4.98. The molecule has 0 radical (unpaired) electrons. The second kappa shape index (κ2) is 5.67. The van der Waals surface area contributed by atoms with E-state index >= 15 is 0 Å². The van der Waals surface area contributed by atoms with E-state index in [1.165, 1.54) is 4.90 Å². The maximum atomic E-state index is 12.3. The van der Waals surface area contributed by atoms with E-state index in [4.69, 9.17) is 4.74 Å². The SMILES string of the molecule is COc1ccc(CN2C(=O)C(O)N(O)c3ccccc32)cc1. The van der Waals surface area contributed by atoms with Gasteiger partial charge >= 0.3 is 0 Å². The average Bonchev–Trinajstić information content (AvgIpc) is 2.57. The van der Waals surface area contributed by atoms with E-state index < -0.39 is 12.1 Å². The molecule has 3 rings (SSSR count). The zero-order valence-corrected chi connectivity index (χ0v) is 12.0. The fraction of sp³-hybridized carbons (Fsp3) is 0.188. The Balaban J connectivity index is 1.94. The first-order chi connectivity index (χ1) is 10.6. The van der Waals surface area contributed by atoms with Crippen molar-refractivity contribution in [2.45, 2.75) is 12.8 Å². The molecule has 2 N–H and O–H groups in total. The molecule has 1 unspecified atom stereocenters. The van der Waals surface area contributed by atoms with Crippen LogP contribution in [0.1, 0.15) is 5.56 Å². The number of hydroxylamine groups is 1. The summed E-state index contributed by atoms with van der Waals surface area (Å²) in [4.78, 5) is 13.7. The summed E-state index contributed by atoms with van der Waals surface area (Å²) in [6.07, 6.45) is -1.60. The van der Waals surface area contributed by atoms with Gasteiger partial charge in [-0.3, -0.25) is 10.0 Å². The predicted molar refractivity (Wildman–Crippen MR) is 80.9 cm³/mol. The largest absolute Gasteiger partial charge is 0.497 e. The highest BCUT2D eigenvalue weighted by molar-refractivity contribution is 6.03. The Labute approximate surface area is 127 Å². The summed E-state index contributed by atoms with van der Waals surface area (Å²) in [5, 5.41) is 20.3. The van der Waals surface area contributed by atoms with Crippen LogP contribution < -0.4 is 14.7 Å². The monoisotopic (exact) mass is 300 g/mol. The van der Waals surface area contributed by atoms with Gasteiger partial charge in [0.25, 0.3) is 5.91 Å². The Morgan fingerprint density at radius 3 is 2.36 bits per heavy atom. The van der Waals surface area contributed by atoms with Crippen LogP contribution in [0.25, 0.3) is 0 Å². The number of ether oxygens (including phenoxy) is 1. The number of benzene rings is 2.